The molecule has 1 atom stereocenters. The molecule has 0 bridgehead atoms. The average Bonchev–Trinajstić information content (AvgIpc) is 2.67. The fourth-order valence-corrected chi connectivity index (χ4v) is 2.35. The summed E-state index contributed by atoms with van der Waals surface area (Å²) in [5.41, 5.74) is -0.0593. The van der Waals surface area contributed by atoms with Crippen molar-refractivity contribution in [3.8, 4) is 11.5 Å². The Labute approximate surface area is 166 Å². The highest BCUT2D eigenvalue weighted by atomic mass is 35.5. The van der Waals surface area contributed by atoms with E-state index in [0.717, 1.165) is 6.42 Å². The van der Waals surface area contributed by atoms with E-state index in [1.165, 1.54) is 49.4 Å². The molecule has 0 aliphatic rings. The Morgan fingerprint density at radius 3 is 2.50 bits per heavy atom. The minimum atomic E-state index is -0.924. The first-order chi connectivity index (χ1) is 13.3. The molecule has 2 aromatic carbocycles. The van der Waals surface area contributed by atoms with E-state index in [1.54, 1.807) is 0 Å². The van der Waals surface area contributed by atoms with Crippen LogP contribution in [0.25, 0.3) is 0 Å². The summed E-state index contributed by atoms with van der Waals surface area (Å²) >= 11 is 5.77. The number of carbonyl (C=O) groups is 2. The lowest BCUT2D eigenvalue weighted by atomic mass is 10.2. The molecule has 148 valence electrons. The van der Waals surface area contributed by atoms with Crippen LogP contribution in [-0.2, 0) is 9.53 Å². The van der Waals surface area contributed by atoms with Gasteiger partial charge in [-0.15, -0.1) is 0 Å². The van der Waals surface area contributed by atoms with Crippen molar-refractivity contribution in [3.05, 3.63) is 63.2 Å². The van der Waals surface area contributed by atoms with Crippen LogP contribution in [0.1, 0.15) is 30.6 Å². The SMILES string of the molecule is CCCNC(=O)[C@H](C)OC(=O)c1ccc(Oc2ccc(Cl)cc2[N+](=O)[O-])cc1. The van der Waals surface area contributed by atoms with Gasteiger partial charge in [0, 0.05) is 17.6 Å². The Hall–Kier alpha value is -3.13. The summed E-state index contributed by atoms with van der Waals surface area (Å²) in [7, 11) is 0. The average molecular weight is 407 g/mol. The topological polar surface area (TPSA) is 108 Å². The maximum Gasteiger partial charge on any atom is 0.338 e. The number of nitro groups is 1. The number of rotatable bonds is 8. The molecule has 0 aromatic heterocycles. The molecule has 9 heteroatoms. The van der Waals surface area contributed by atoms with E-state index >= 15 is 0 Å². The van der Waals surface area contributed by atoms with Crippen LogP contribution in [0.15, 0.2) is 42.5 Å². The molecule has 0 aliphatic carbocycles. The quantitative estimate of drug-likeness (QED) is 0.401. The summed E-state index contributed by atoms with van der Waals surface area (Å²) in [6.07, 6.45) is -0.147. The minimum Gasteiger partial charge on any atom is -0.450 e. The molecule has 0 heterocycles. The second kappa shape index (κ2) is 9.70. The first-order valence-corrected chi connectivity index (χ1v) is 8.90. The van der Waals surface area contributed by atoms with Gasteiger partial charge >= 0.3 is 11.7 Å². The molecule has 2 aromatic rings. The highest BCUT2D eigenvalue weighted by molar-refractivity contribution is 6.30. The fraction of sp³-hybridized carbons (Fsp3) is 0.263. The van der Waals surface area contributed by atoms with Gasteiger partial charge in [0.05, 0.1) is 10.5 Å². The maximum atomic E-state index is 12.1. The lowest BCUT2D eigenvalue weighted by Crippen LogP contribution is -2.36. The lowest BCUT2D eigenvalue weighted by molar-refractivity contribution is -0.385. The summed E-state index contributed by atoms with van der Waals surface area (Å²) in [6.45, 7) is 3.91. The number of nitrogens with one attached hydrogen (secondary N) is 1. The Balaban J connectivity index is 2.05. The van der Waals surface area contributed by atoms with E-state index in [-0.39, 0.29) is 33.7 Å². The van der Waals surface area contributed by atoms with Crippen LogP contribution in [0.4, 0.5) is 5.69 Å². The molecular formula is C19H19ClN2O6. The van der Waals surface area contributed by atoms with Crippen LogP contribution < -0.4 is 10.1 Å². The number of benzene rings is 2. The predicted molar refractivity (Wildman–Crippen MR) is 103 cm³/mol. The smallest absolute Gasteiger partial charge is 0.338 e. The first-order valence-electron chi connectivity index (χ1n) is 8.52. The van der Waals surface area contributed by atoms with Crippen molar-refractivity contribution >= 4 is 29.2 Å². The third-order valence-corrected chi connectivity index (χ3v) is 3.87. The van der Waals surface area contributed by atoms with Crippen LogP contribution in [0, 0.1) is 10.1 Å². The predicted octanol–water partition coefficient (Wildman–Crippen LogP) is 4.11. The van der Waals surface area contributed by atoms with Gasteiger partial charge in [-0.3, -0.25) is 14.9 Å². The van der Waals surface area contributed by atoms with Crippen LogP contribution >= 0.6 is 11.6 Å². The highest BCUT2D eigenvalue weighted by Crippen LogP contribution is 2.33. The molecule has 0 aliphatic heterocycles. The van der Waals surface area contributed by atoms with Crippen LogP contribution in [0.2, 0.25) is 5.02 Å². The van der Waals surface area contributed by atoms with E-state index < -0.39 is 17.0 Å². The molecule has 8 nitrogen and oxygen atoms in total. The maximum absolute atomic E-state index is 12.1. The molecule has 1 amide bonds. The summed E-state index contributed by atoms with van der Waals surface area (Å²) in [5, 5.41) is 14.0. The van der Waals surface area contributed by atoms with Gasteiger partial charge in [-0.05, 0) is 49.7 Å². The molecule has 0 fully saturated rings. The highest BCUT2D eigenvalue weighted by Gasteiger charge is 2.19. The Kier molecular flexibility index (Phi) is 7.34. The van der Waals surface area contributed by atoms with Gasteiger partial charge in [0.15, 0.2) is 6.10 Å². The minimum absolute atomic E-state index is 0.0194. The lowest BCUT2D eigenvalue weighted by Gasteiger charge is -2.13. The second-order valence-electron chi connectivity index (χ2n) is 5.83. The van der Waals surface area contributed by atoms with Crippen molar-refractivity contribution in [1.82, 2.24) is 5.32 Å². The number of nitro benzene ring substituents is 1. The number of hydrogen-bond donors (Lipinski definition) is 1. The molecule has 2 rings (SSSR count). The number of amides is 1. The Morgan fingerprint density at radius 2 is 1.89 bits per heavy atom. The number of hydrogen-bond acceptors (Lipinski definition) is 6. The largest absolute Gasteiger partial charge is 0.450 e. The molecule has 0 spiro atoms. The molecular weight excluding hydrogens is 388 g/mol. The normalized spacial score (nSPS) is 11.4. The number of ether oxygens (including phenoxy) is 2. The first kappa shape index (κ1) is 21.2. The molecule has 0 saturated carbocycles. The molecule has 1 N–H and O–H groups in total. The van der Waals surface area contributed by atoms with E-state index in [0.29, 0.717) is 6.54 Å². The fourth-order valence-electron chi connectivity index (χ4n) is 2.18. The van der Waals surface area contributed by atoms with Gasteiger partial charge in [-0.25, -0.2) is 4.79 Å². The van der Waals surface area contributed by atoms with Gasteiger partial charge < -0.3 is 14.8 Å². The van der Waals surface area contributed by atoms with Crippen molar-refractivity contribution in [2.45, 2.75) is 26.4 Å². The van der Waals surface area contributed by atoms with Gasteiger partial charge in [0.2, 0.25) is 5.75 Å². The summed E-state index contributed by atoms with van der Waals surface area (Å²) in [4.78, 5) is 34.4. The number of carbonyl (C=O) groups excluding carboxylic acids is 2. The van der Waals surface area contributed by atoms with Crippen molar-refractivity contribution in [3.63, 3.8) is 0 Å². The Bertz CT molecular complexity index is 869. The summed E-state index contributed by atoms with van der Waals surface area (Å²) < 4.78 is 10.6. The van der Waals surface area contributed by atoms with E-state index in [2.05, 4.69) is 5.32 Å². The van der Waals surface area contributed by atoms with Gasteiger partial charge in [-0.1, -0.05) is 18.5 Å². The number of nitrogens with zero attached hydrogens (tertiary/aromatic N) is 1. The summed E-state index contributed by atoms with van der Waals surface area (Å²) in [6, 6.07) is 9.87. The van der Waals surface area contributed by atoms with Crippen molar-refractivity contribution in [2.75, 3.05) is 6.54 Å². The third-order valence-electron chi connectivity index (χ3n) is 3.64. The van der Waals surface area contributed by atoms with Crippen LogP contribution in [0.3, 0.4) is 0 Å². The summed E-state index contributed by atoms with van der Waals surface area (Å²) in [5.74, 6) is -0.727. The van der Waals surface area contributed by atoms with Crippen LogP contribution in [0.5, 0.6) is 11.5 Å². The van der Waals surface area contributed by atoms with Gasteiger partial charge in [0.25, 0.3) is 5.91 Å². The third kappa shape index (κ3) is 5.68. The van der Waals surface area contributed by atoms with Crippen molar-refractivity contribution < 1.29 is 24.0 Å². The van der Waals surface area contributed by atoms with Gasteiger partial charge in [0.1, 0.15) is 5.75 Å². The van der Waals surface area contributed by atoms with Crippen molar-refractivity contribution in [1.29, 1.82) is 0 Å². The molecule has 0 saturated heterocycles. The zero-order valence-electron chi connectivity index (χ0n) is 15.3. The molecule has 0 unspecified atom stereocenters. The van der Waals surface area contributed by atoms with E-state index in [9.17, 15) is 19.7 Å². The zero-order chi connectivity index (χ0) is 20.7. The standard InChI is InChI=1S/C19H19ClN2O6/c1-3-10-21-18(23)12(2)27-19(24)13-4-7-15(8-5-13)28-17-9-6-14(20)11-16(17)22(25)26/h4-9,11-12H,3,10H2,1-2H3,(H,21,23)/t12-/m0/s1. The van der Waals surface area contributed by atoms with Crippen LogP contribution in [-0.4, -0.2) is 29.4 Å². The van der Waals surface area contributed by atoms with E-state index in [1.807, 2.05) is 6.92 Å². The van der Waals surface area contributed by atoms with E-state index in [4.69, 9.17) is 21.1 Å². The second-order valence-corrected chi connectivity index (χ2v) is 6.27. The monoisotopic (exact) mass is 406 g/mol. The van der Waals surface area contributed by atoms with Crippen molar-refractivity contribution in [2.24, 2.45) is 0 Å². The zero-order valence-corrected chi connectivity index (χ0v) is 16.1. The Morgan fingerprint density at radius 1 is 1.21 bits per heavy atom. The molecule has 0 radical (unpaired) electrons. The molecule has 28 heavy (non-hydrogen) atoms. The van der Waals surface area contributed by atoms with Gasteiger partial charge in [-0.2, -0.15) is 0 Å². The number of esters is 1. The number of halogens is 1.